The quantitative estimate of drug-likeness (QED) is 0.718. The second kappa shape index (κ2) is 6.54. The van der Waals surface area contributed by atoms with E-state index in [1.54, 1.807) is 11.3 Å². The summed E-state index contributed by atoms with van der Waals surface area (Å²) in [7, 11) is 0. The van der Waals surface area contributed by atoms with Crippen LogP contribution in [0.1, 0.15) is 18.2 Å². The van der Waals surface area contributed by atoms with Crippen molar-refractivity contribution in [2.45, 2.75) is 19.9 Å². The molecule has 0 saturated heterocycles. The molecular formula is C16H18N4S. The lowest BCUT2D eigenvalue weighted by Gasteiger charge is -2.11. The van der Waals surface area contributed by atoms with Gasteiger partial charge in [-0.1, -0.05) is 25.1 Å². The molecule has 0 atom stereocenters. The summed E-state index contributed by atoms with van der Waals surface area (Å²) in [6, 6.07) is 12.2. The molecule has 1 aromatic carbocycles. The first-order valence-corrected chi connectivity index (χ1v) is 8.01. The van der Waals surface area contributed by atoms with Crippen LogP contribution < -0.4 is 10.6 Å². The van der Waals surface area contributed by atoms with Crippen molar-refractivity contribution in [1.29, 1.82) is 0 Å². The second-order valence-corrected chi connectivity index (χ2v) is 5.80. The van der Waals surface area contributed by atoms with Gasteiger partial charge in [-0.3, -0.25) is 0 Å². The van der Waals surface area contributed by atoms with E-state index in [9.17, 15) is 0 Å². The Kier molecular flexibility index (Phi) is 4.31. The Bertz CT molecular complexity index is 709. The van der Waals surface area contributed by atoms with Gasteiger partial charge in [0.05, 0.1) is 12.1 Å². The van der Waals surface area contributed by atoms with Gasteiger partial charge in [-0.05, 0) is 30.0 Å². The van der Waals surface area contributed by atoms with Crippen LogP contribution in [0.2, 0.25) is 0 Å². The summed E-state index contributed by atoms with van der Waals surface area (Å²) in [6.07, 6.45) is 1.07. The molecule has 2 N–H and O–H groups in total. The Morgan fingerprint density at radius 1 is 1.05 bits per heavy atom. The van der Waals surface area contributed by atoms with Crippen LogP contribution in [0, 0.1) is 0 Å². The van der Waals surface area contributed by atoms with Crippen LogP contribution in [0.5, 0.6) is 0 Å². The number of hydrogen-bond acceptors (Lipinski definition) is 5. The predicted octanol–water partition coefficient (Wildman–Crippen LogP) is 4.13. The Hall–Kier alpha value is -2.14. The number of nitrogens with one attached hydrogen (secondary N) is 2. The van der Waals surface area contributed by atoms with Gasteiger partial charge in [0.2, 0.25) is 5.95 Å². The van der Waals surface area contributed by atoms with E-state index >= 15 is 0 Å². The number of aromatic nitrogens is 2. The molecule has 4 nitrogen and oxygen atoms in total. The van der Waals surface area contributed by atoms with Crippen molar-refractivity contribution in [3.63, 3.8) is 0 Å². The molecular weight excluding hydrogens is 280 g/mol. The zero-order valence-electron chi connectivity index (χ0n) is 12.0. The van der Waals surface area contributed by atoms with E-state index in [1.165, 1.54) is 4.88 Å². The standard InChI is InChI=1S/C16H18N4S/c1-2-9-17-15-13-7-3-4-8-14(13)19-16(20-15)18-11-12-6-5-10-21-12/h3-8,10H,2,9,11H2,1H3,(H2,17,18,19,20). The first-order valence-electron chi connectivity index (χ1n) is 7.13. The van der Waals surface area contributed by atoms with Crippen molar-refractivity contribution in [2.24, 2.45) is 0 Å². The van der Waals surface area contributed by atoms with Crippen LogP contribution in [0.3, 0.4) is 0 Å². The number of benzene rings is 1. The first-order chi connectivity index (χ1) is 10.4. The Balaban J connectivity index is 1.87. The third-order valence-corrected chi connectivity index (χ3v) is 4.02. The van der Waals surface area contributed by atoms with Crippen molar-refractivity contribution < 1.29 is 0 Å². The molecule has 2 heterocycles. The van der Waals surface area contributed by atoms with Crippen LogP contribution in [0.25, 0.3) is 10.9 Å². The number of hydrogen-bond donors (Lipinski definition) is 2. The molecule has 0 unspecified atom stereocenters. The lowest BCUT2D eigenvalue weighted by Crippen LogP contribution is -2.08. The lowest BCUT2D eigenvalue weighted by atomic mass is 10.2. The van der Waals surface area contributed by atoms with Crippen LogP contribution >= 0.6 is 11.3 Å². The minimum Gasteiger partial charge on any atom is -0.369 e. The van der Waals surface area contributed by atoms with Gasteiger partial charge in [0, 0.05) is 16.8 Å². The maximum absolute atomic E-state index is 4.61. The summed E-state index contributed by atoms with van der Waals surface area (Å²) in [4.78, 5) is 10.5. The molecule has 0 spiro atoms. The summed E-state index contributed by atoms with van der Waals surface area (Å²) in [5.74, 6) is 1.57. The molecule has 108 valence electrons. The summed E-state index contributed by atoms with van der Waals surface area (Å²) in [5.41, 5.74) is 0.958. The molecule has 0 aliphatic rings. The van der Waals surface area contributed by atoms with Gasteiger partial charge in [-0.2, -0.15) is 4.98 Å². The third-order valence-electron chi connectivity index (χ3n) is 3.15. The molecule has 0 radical (unpaired) electrons. The van der Waals surface area contributed by atoms with Gasteiger partial charge < -0.3 is 10.6 Å². The first kappa shape index (κ1) is 13.8. The molecule has 2 aromatic heterocycles. The molecule has 0 amide bonds. The Morgan fingerprint density at radius 2 is 1.95 bits per heavy atom. The smallest absolute Gasteiger partial charge is 0.225 e. The fraction of sp³-hybridized carbons (Fsp3) is 0.250. The molecule has 0 fully saturated rings. The summed E-state index contributed by atoms with van der Waals surface area (Å²) >= 11 is 1.73. The van der Waals surface area contributed by atoms with Crippen molar-refractivity contribution in [3.8, 4) is 0 Å². The number of para-hydroxylation sites is 1. The second-order valence-electron chi connectivity index (χ2n) is 4.77. The van der Waals surface area contributed by atoms with Crippen molar-refractivity contribution >= 4 is 34.0 Å². The molecule has 0 aliphatic heterocycles. The number of fused-ring (bicyclic) bond motifs is 1. The van der Waals surface area contributed by atoms with Crippen LogP contribution in [-0.2, 0) is 6.54 Å². The van der Waals surface area contributed by atoms with Crippen molar-refractivity contribution in [3.05, 3.63) is 46.7 Å². The molecule has 3 aromatic rings. The largest absolute Gasteiger partial charge is 0.369 e. The Labute approximate surface area is 128 Å². The maximum Gasteiger partial charge on any atom is 0.225 e. The van der Waals surface area contributed by atoms with E-state index in [0.29, 0.717) is 5.95 Å². The Morgan fingerprint density at radius 3 is 2.76 bits per heavy atom. The van der Waals surface area contributed by atoms with E-state index in [4.69, 9.17) is 0 Å². The highest BCUT2D eigenvalue weighted by molar-refractivity contribution is 7.09. The topological polar surface area (TPSA) is 49.8 Å². The third kappa shape index (κ3) is 3.31. The fourth-order valence-electron chi connectivity index (χ4n) is 2.11. The molecule has 0 bridgehead atoms. The zero-order valence-corrected chi connectivity index (χ0v) is 12.8. The molecule has 5 heteroatoms. The summed E-state index contributed by atoms with van der Waals surface area (Å²) in [6.45, 7) is 3.81. The van der Waals surface area contributed by atoms with E-state index in [0.717, 1.165) is 36.2 Å². The van der Waals surface area contributed by atoms with Gasteiger partial charge in [-0.15, -0.1) is 11.3 Å². The maximum atomic E-state index is 4.61. The SMILES string of the molecule is CCCNc1nc(NCc2cccs2)nc2ccccc12. The van der Waals surface area contributed by atoms with Crippen LogP contribution in [-0.4, -0.2) is 16.5 Å². The number of rotatable bonds is 6. The van der Waals surface area contributed by atoms with Gasteiger partial charge in [-0.25, -0.2) is 4.98 Å². The average Bonchev–Trinajstić information content (AvgIpc) is 3.04. The van der Waals surface area contributed by atoms with Crippen molar-refractivity contribution in [2.75, 3.05) is 17.2 Å². The van der Waals surface area contributed by atoms with E-state index in [2.05, 4.69) is 51.1 Å². The number of nitrogens with zero attached hydrogens (tertiary/aromatic N) is 2. The minimum absolute atomic E-state index is 0.667. The highest BCUT2D eigenvalue weighted by Crippen LogP contribution is 2.22. The monoisotopic (exact) mass is 298 g/mol. The van der Waals surface area contributed by atoms with E-state index in [-0.39, 0.29) is 0 Å². The van der Waals surface area contributed by atoms with Gasteiger partial charge in [0.1, 0.15) is 5.82 Å². The normalized spacial score (nSPS) is 10.7. The van der Waals surface area contributed by atoms with E-state index < -0.39 is 0 Å². The van der Waals surface area contributed by atoms with Gasteiger partial charge >= 0.3 is 0 Å². The lowest BCUT2D eigenvalue weighted by molar-refractivity contribution is 0.967. The number of thiophene rings is 1. The van der Waals surface area contributed by atoms with E-state index in [1.807, 2.05) is 18.2 Å². The van der Waals surface area contributed by atoms with Gasteiger partial charge in [0.15, 0.2) is 0 Å². The summed E-state index contributed by atoms with van der Waals surface area (Å²) in [5, 5.41) is 9.83. The molecule has 3 rings (SSSR count). The average molecular weight is 298 g/mol. The molecule has 0 saturated carbocycles. The molecule has 0 aliphatic carbocycles. The molecule has 21 heavy (non-hydrogen) atoms. The zero-order chi connectivity index (χ0) is 14.5. The highest BCUT2D eigenvalue weighted by Gasteiger charge is 2.07. The van der Waals surface area contributed by atoms with Crippen LogP contribution in [0.15, 0.2) is 41.8 Å². The predicted molar refractivity (Wildman–Crippen MR) is 90.0 cm³/mol. The number of anilines is 2. The van der Waals surface area contributed by atoms with Gasteiger partial charge in [0.25, 0.3) is 0 Å². The summed E-state index contributed by atoms with van der Waals surface area (Å²) < 4.78 is 0. The van der Waals surface area contributed by atoms with Crippen LogP contribution in [0.4, 0.5) is 11.8 Å². The highest BCUT2D eigenvalue weighted by atomic mass is 32.1. The fourth-order valence-corrected chi connectivity index (χ4v) is 2.76. The minimum atomic E-state index is 0.667. The van der Waals surface area contributed by atoms with Crippen molar-refractivity contribution in [1.82, 2.24) is 9.97 Å².